The molecule has 9 unspecified atom stereocenters. The summed E-state index contributed by atoms with van der Waals surface area (Å²) >= 11 is 0. The predicted molar refractivity (Wildman–Crippen MR) is 133 cm³/mol. The van der Waals surface area contributed by atoms with Gasteiger partial charge in [-0.3, -0.25) is 21.0 Å². The number of hydrogen-bond acceptors (Lipinski definition) is 9. The van der Waals surface area contributed by atoms with E-state index in [1.807, 2.05) is 12.1 Å². The van der Waals surface area contributed by atoms with E-state index in [9.17, 15) is 4.79 Å². The standard InChI is InChI=1S/C26H36N8O2/c1-14-6-7-19-17(11-32-34-19)22(14)16-10-15(25-23(24(16)27)26(35)31-13-30-25)18-4-2-5-21(33-18)36-12-20-28-8-3-9-29-20/h2-5,8-9,14-17,19,22-25,30,32,34H,6-7,10-13,27H2,1H3,(H,31,35). The summed E-state index contributed by atoms with van der Waals surface area (Å²) in [4.78, 5) is 26.5. The molecule has 0 spiro atoms. The number of rotatable bonds is 5. The summed E-state index contributed by atoms with van der Waals surface area (Å²) in [5.41, 5.74) is 14.8. The van der Waals surface area contributed by atoms with Gasteiger partial charge in [-0.05, 0) is 55.1 Å². The Hall–Kier alpha value is -2.66. The zero-order valence-corrected chi connectivity index (χ0v) is 20.6. The van der Waals surface area contributed by atoms with Gasteiger partial charge in [0.1, 0.15) is 6.61 Å². The van der Waals surface area contributed by atoms with Crippen LogP contribution >= 0.6 is 0 Å². The van der Waals surface area contributed by atoms with Crippen molar-refractivity contribution >= 4 is 5.91 Å². The maximum absolute atomic E-state index is 13.2. The molecule has 1 amide bonds. The van der Waals surface area contributed by atoms with Crippen molar-refractivity contribution in [2.75, 3.05) is 13.2 Å². The number of nitrogens with two attached hydrogens (primary N) is 1. The molecule has 2 aromatic heterocycles. The third-order valence-corrected chi connectivity index (χ3v) is 8.97. The maximum Gasteiger partial charge on any atom is 0.227 e. The molecule has 192 valence electrons. The minimum atomic E-state index is -0.290. The van der Waals surface area contributed by atoms with Gasteiger partial charge in [0.05, 0.1) is 12.6 Å². The highest BCUT2D eigenvalue weighted by Crippen LogP contribution is 2.50. The number of nitrogens with zero attached hydrogens (tertiary/aromatic N) is 3. The SMILES string of the molecule is CC1CCC2NNCC2C1C1CC(c2cccc(OCc3ncccn3)n2)C2NCNC(=O)C2C1N. The summed E-state index contributed by atoms with van der Waals surface area (Å²) in [6.45, 7) is 4.03. The second-order valence-corrected chi connectivity index (χ2v) is 10.8. The molecule has 0 bridgehead atoms. The highest BCUT2D eigenvalue weighted by Gasteiger charge is 2.54. The third-order valence-electron chi connectivity index (χ3n) is 8.97. The van der Waals surface area contributed by atoms with Crippen molar-refractivity contribution < 1.29 is 9.53 Å². The number of pyridine rings is 1. The van der Waals surface area contributed by atoms with Crippen molar-refractivity contribution in [1.29, 1.82) is 0 Å². The fraction of sp³-hybridized carbons (Fsp3) is 0.615. The number of carbonyl (C=O) groups excluding carboxylic acids is 1. The molecule has 6 rings (SSSR count). The number of aromatic nitrogens is 3. The molecule has 10 nitrogen and oxygen atoms in total. The zero-order chi connectivity index (χ0) is 24.6. The van der Waals surface area contributed by atoms with Crippen LogP contribution in [0.1, 0.15) is 43.6 Å². The fourth-order valence-electron chi connectivity index (χ4n) is 7.36. The minimum Gasteiger partial charge on any atom is -0.469 e. The maximum atomic E-state index is 13.2. The van der Waals surface area contributed by atoms with Crippen LogP contribution in [0.4, 0.5) is 0 Å². The Labute approximate surface area is 211 Å². The number of hydrogen-bond donors (Lipinski definition) is 5. The van der Waals surface area contributed by atoms with Crippen LogP contribution in [-0.4, -0.2) is 52.2 Å². The Morgan fingerprint density at radius 1 is 1.14 bits per heavy atom. The lowest BCUT2D eigenvalue weighted by Crippen LogP contribution is -2.67. The van der Waals surface area contributed by atoms with E-state index in [2.05, 4.69) is 44.4 Å². The van der Waals surface area contributed by atoms with Crippen LogP contribution < -0.4 is 32.0 Å². The number of nitrogens with one attached hydrogen (secondary N) is 4. The van der Waals surface area contributed by atoms with E-state index in [1.54, 1.807) is 18.5 Å². The first kappa shape index (κ1) is 23.7. The summed E-state index contributed by atoms with van der Waals surface area (Å²) < 4.78 is 5.94. The molecule has 2 aromatic rings. The van der Waals surface area contributed by atoms with Gasteiger partial charge in [0.25, 0.3) is 0 Å². The highest BCUT2D eigenvalue weighted by atomic mass is 16.5. The first-order valence-corrected chi connectivity index (χ1v) is 13.2. The molecule has 9 atom stereocenters. The van der Waals surface area contributed by atoms with Crippen LogP contribution in [-0.2, 0) is 11.4 Å². The van der Waals surface area contributed by atoms with Gasteiger partial charge in [-0.1, -0.05) is 13.0 Å². The zero-order valence-electron chi connectivity index (χ0n) is 20.6. The van der Waals surface area contributed by atoms with E-state index in [0.29, 0.717) is 42.2 Å². The lowest BCUT2D eigenvalue weighted by molar-refractivity contribution is -0.132. The molecule has 2 aliphatic carbocycles. The molecule has 10 heteroatoms. The van der Waals surface area contributed by atoms with E-state index in [4.69, 9.17) is 15.5 Å². The number of ether oxygens (including phenoxy) is 1. The van der Waals surface area contributed by atoms with Crippen molar-refractivity contribution in [2.45, 2.75) is 56.8 Å². The van der Waals surface area contributed by atoms with E-state index in [-0.39, 0.29) is 42.4 Å². The van der Waals surface area contributed by atoms with Crippen LogP contribution in [0.3, 0.4) is 0 Å². The van der Waals surface area contributed by atoms with Crippen LogP contribution in [0.25, 0.3) is 0 Å². The summed E-state index contributed by atoms with van der Waals surface area (Å²) in [7, 11) is 0. The molecule has 6 N–H and O–H groups in total. The Morgan fingerprint density at radius 3 is 2.86 bits per heavy atom. The van der Waals surface area contributed by atoms with E-state index < -0.39 is 0 Å². The van der Waals surface area contributed by atoms with Crippen molar-refractivity contribution in [1.82, 2.24) is 36.4 Å². The van der Waals surface area contributed by atoms with Gasteiger partial charge in [0.2, 0.25) is 11.8 Å². The van der Waals surface area contributed by atoms with Gasteiger partial charge in [0.15, 0.2) is 5.82 Å². The molecule has 4 fully saturated rings. The van der Waals surface area contributed by atoms with Gasteiger partial charge in [-0.2, -0.15) is 0 Å². The molecule has 0 radical (unpaired) electrons. The molecule has 4 heterocycles. The first-order chi connectivity index (χ1) is 17.6. The van der Waals surface area contributed by atoms with Crippen LogP contribution in [0.15, 0.2) is 36.7 Å². The predicted octanol–water partition coefficient (Wildman–Crippen LogP) is 0.682. The summed E-state index contributed by atoms with van der Waals surface area (Å²) in [5.74, 6) is 2.75. The molecule has 4 aliphatic rings. The second kappa shape index (κ2) is 10.0. The lowest BCUT2D eigenvalue weighted by Gasteiger charge is -2.53. The Bertz CT molecular complexity index is 1070. The van der Waals surface area contributed by atoms with E-state index in [0.717, 1.165) is 18.7 Å². The average Bonchev–Trinajstić information content (AvgIpc) is 3.38. The second-order valence-electron chi connectivity index (χ2n) is 10.8. The quantitative estimate of drug-likeness (QED) is 0.408. The van der Waals surface area contributed by atoms with E-state index in [1.165, 1.54) is 12.8 Å². The topological polar surface area (TPSA) is 139 Å². The number of amides is 1. The third kappa shape index (κ3) is 4.36. The van der Waals surface area contributed by atoms with Crippen LogP contribution in [0.2, 0.25) is 0 Å². The molecule has 2 saturated heterocycles. The largest absolute Gasteiger partial charge is 0.469 e. The van der Waals surface area contributed by atoms with Gasteiger partial charge in [0, 0.05) is 54.7 Å². The van der Waals surface area contributed by atoms with Crippen molar-refractivity contribution in [3.05, 3.63) is 48.2 Å². The van der Waals surface area contributed by atoms with Gasteiger partial charge in [-0.15, -0.1) is 0 Å². The smallest absolute Gasteiger partial charge is 0.227 e. The lowest BCUT2D eigenvalue weighted by atomic mass is 9.56. The highest BCUT2D eigenvalue weighted by molar-refractivity contribution is 5.81. The number of hydrazine groups is 1. The van der Waals surface area contributed by atoms with Crippen molar-refractivity contribution in [3.63, 3.8) is 0 Å². The Morgan fingerprint density at radius 2 is 2.00 bits per heavy atom. The molecular weight excluding hydrogens is 456 g/mol. The van der Waals surface area contributed by atoms with Gasteiger partial charge < -0.3 is 15.8 Å². The van der Waals surface area contributed by atoms with E-state index >= 15 is 0 Å². The number of fused-ring (bicyclic) bond motifs is 2. The van der Waals surface area contributed by atoms with Crippen LogP contribution in [0, 0.1) is 29.6 Å². The summed E-state index contributed by atoms with van der Waals surface area (Å²) in [6.07, 6.45) is 6.66. The summed E-state index contributed by atoms with van der Waals surface area (Å²) in [6, 6.07) is 7.91. The van der Waals surface area contributed by atoms with Gasteiger partial charge >= 0.3 is 0 Å². The Kier molecular flexibility index (Phi) is 6.59. The summed E-state index contributed by atoms with van der Waals surface area (Å²) in [5, 5.41) is 6.55. The Balaban J connectivity index is 1.29. The minimum absolute atomic E-state index is 0.0530. The number of carbonyl (C=O) groups is 1. The molecule has 36 heavy (non-hydrogen) atoms. The molecule has 0 aromatic carbocycles. The van der Waals surface area contributed by atoms with Crippen molar-refractivity contribution in [3.8, 4) is 5.88 Å². The average molecular weight is 493 g/mol. The molecule has 2 aliphatic heterocycles. The molecular formula is C26H36N8O2. The first-order valence-electron chi connectivity index (χ1n) is 13.2. The monoisotopic (exact) mass is 492 g/mol. The molecule has 2 saturated carbocycles. The normalized spacial score (nSPS) is 38.1. The van der Waals surface area contributed by atoms with Crippen LogP contribution in [0.5, 0.6) is 5.88 Å². The van der Waals surface area contributed by atoms with Crippen molar-refractivity contribution in [2.24, 2.45) is 35.3 Å². The van der Waals surface area contributed by atoms with Gasteiger partial charge in [-0.25, -0.2) is 15.0 Å². The fourth-order valence-corrected chi connectivity index (χ4v) is 7.36.